The van der Waals surface area contributed by atoms with Gasteiger partial charge in [0, 0.05) is 41.6 Å². The van der Waals surface area contributed by atoms with E-state index in [1.165, 1.54) is 57.2 Å². The van der Waals surface area contributed by atoms with Crippen molar-refractivity contribution in [1.82, 2.24) is 29.5 Å². The van der Waals surface area contributed by atoms with Crippen molar-refractivity contribution < 1.29 is 24.9 Å². The number of hydrogen-bond donors (Lipinski definition) is 7. The lowest BCUT2D eigenvalue weighted by Gasteiger charge is -2.16. The van der Waals surface area contributed by atoms with Gasteiger partial charge in [0.2, 0.25) is 0 Å². The molecule has 17 heteroatoms. The van der Waals surface area contributed by atoms with E-state index in [4.69, 9.17) is 5.11 Å². The van der Waals surface area contributed by atoms with Gasteiger partial charge in [-0.05, 0) is 130 Å². The Morgan fingerprint density at radius 1 is 0.567 bits per heavy atom. The lowest BCUT2D eigenvalue weighted by Crippen LogP contribution is -2.15. The number of aromatic carboxylic acids is 1. The van der Waals surface area contributed by atoms with E-state index >= 15 is 0 Å². The van der Waals surface area contributed by atoms with Gasteiger partial charge in [-0.15, -0.1) is 20.5 Å². The zero-order chi connectivity index (χ0) is 46.9. The molecular formula is C50H46N10O7. The molecule has 0 spiro atoms. The number of rotatable bonds is 10. The van der Waals surface area contributed by atoms with Crippen LogP contribution in [0.25, 0.3) is 33.6 Å². The van der Waals surface area contributed by atoms with Crippen LogP contribution >= 0.6 is 0 Å². The Hall–Kier alpha value is -8.60. The number of benzene rings is 4. The molecule has 0 saturated heterocycles. The van der Waals surface area contributed by atoms with Crippen molar-refractivity contribution in [3.05, 3.63) is 163 Å². The van der Waals surface area contributed by atoms with Crippen molar-refractivity contribution in [1.29, 1.82) is 0 Å². The molecule has 0 bridgehead atoms. The number of phenolic OH excluding ortho intramolecular Hbond substituents is 2. The van der Waals surface area contributed by atoms with E-state index in [2.05, 4.69) is 52.8 Å². The van der Waals surface area contributed by atoms with E-state index in [9.17, 15) is 29.4 Å². The van der Waals surface area contributed by atoms with Gasteiger partial charge in [-0.25, -0.2) is 14.2 Å². The number of fused-ring (bicyclic) bond motifs is 2. The van der Waals surface area contributed by atoms with Crippen LogP contribution in [-0.2, 0) is 25.7 Å². The molecule has 0 amide bonds. The number of Topliss-reactive ketones (excluding diaryl/α,β-unsaturated/α-hetero) is 1. The van der Waals surface area contributed by atoms with Gasteiger partial charge in [0.15, 0.2) is 28.7 Å². The van der Waals surface area contributed by atoms with Crippen LogP contribution < -0.4 is 11.1 Å². The second-order valence-corrected chi connectivity index (χ2v) is 16.6. The Labute approximate surface area is 382 Å². The second-order valence-electron chi connectivity index (χ2n) is 16.6. The summed E-state index contributed by atoms with van der Waals surface area (Å²) in [4.78, 5) is 54.3. The molecule has 10 rings (SSSR count). The van der Waals surface area contributed by atoms with Crippen molar-refractivity contribution in [2.75, 3.05) is 0 Å². The van der Waals surface area contributed by atoms with E-state index in [0.29, 0.717) is 39.3 Å². The number of aromatic hydroxyl groups is 2. The molecule has 0 saturated carbocycles. The van der Waals surface area contributed by atoms with Gasteiger partial charge < -0.3 is 25.3 Å². The van der Waals surface area contributed by atoms with Crippen molar-refractivity contribution >= 4 is 34.5 Å². The summed E-state index contributed by atoms with van der Waals surface area (Å²) < 4.78 is 2.93. The largest absolute Gasteiger partial charge is 0.505 e. The summed E-state index contributed by atoms with van der Waals surface area (Å²) in [6.45, 7) is 4.97. The Morgan fingerprint density at radius 2 is 1.01 bits per heavy atom. The fraction of sp³-hybridized carbons (Fsp3) is 0.200. The van der Waals surface area contributed by atoms with E-state index in [-0.39, 0.29) is 56.8 Å². The summed E-state index contributed by atoms with van der Waals surface area (Å²) in [6, 6.07) is 25.2. The highest BCUT2D eigenvalue weighted by Crippen LogP contribution is 2.40. The number of carbonyl (C=O) groups excluding carboxylic acids is 1. The number of nitrogens with zero attached hydrogens (tertiary/aromatic N) is 6. The van der Waals surface area contributed by atoms with Crippen LogP contribution in [0.5, 0.6) is 11.5 Å². The molecule has 4 aromatic carbocycles. The Bertz CT molecular complexity index is 3410. The van der Waals surface area contributed by atoms with E-state index in [1.807, 2.05) is 24.3 Å². The molecule has 0 fully saturated rings. The van der Waals surface area contributed by atoms with E-state index in [0.717, 1.165) is 49.9 Å². The Balaban J connectivity index is 0.000000168. The number of ketones is 1. The quantitative estimate of drug-likeness (QED) is 0.0516. The third-order valence-electron chi connectivity index (χ3n) is 12.2. The molecule has 0 radical (unpaired) electrons. The minimum Gasteiger partial charge on any atom is -0.505 e. The predicted octanol–water partition coefficient (Wildman–Crippen LogP) is 10.4. The zero-order valence-electron chi connectivity index (χ0n) is 36.8. The highest BCUT2D eigenvalue weighted by atomic mass is 16.4. The highest BCUT2D eigenvalue weighted by Gasteiger charge is 2.19. The second kappa shape index (κ2) is 18.1. The van der Waals surface area contributed by atoms with Crippen LogP contribution in [0, 0.1) is 13.8 Å². The van der Waals surface area contributed by atoms with Crippen LogP contribution in [0.15, 0.2) is 127 Å². The number of H-pyrrole nitrogens is 4. The van der Waals surface area contributed by atoms with Crippen molar-refractivity contribution in [3.63, 3.8) is 0 Å². The first-order valence-electron chi connectivity index (χ1n) is 21.8. The normalized spacial score (nSPS) is 13.2. The first kappa shape index (κ1) is 43.6. The summed E-state index contributed by atoms with van der Waals surface area (Å²) in [6.07, 6.45) is 10.8. The minimum absolute atomic E-state index is 0.00658. The predicted molar refractivity (Wildman–Crippen MR) is 252 cm³/mol. The molecule has 0 aliphatic heterocycles. The topological polar surface area (TPSA) is 251 Å². The number of aromatic nitrogens is 6. The number of para-hydroxylation sites is 2. The molecule has 7 N–H and O–H groups in total. The number of azo groups is 2. The van der Waals surface area contributed by atoms with Crippen LogP contribution in [0.3, 0.4) is 0 Å². The van der Waals surface area contributed by atoms with Gasteiger partial charge in [0.25, 0.3) is 11.1 Å². The van der Waals surface area contributed by atoms with Crippen LogP contribution in [0.2, 0.25) is 0 Å². The third-order valence-corrected chi connectivity index (χ3v) is 12.2. The summed E-state index contributed by atoms with van der Waals surface area (Å²) in [5.41, 5.74) is 10.5. The monoisotopic (exact) mass is 898 g/mol. The average molecular weight is 899 g/mol. The number of hydrogen-bond acceptors (Lipinski definition) is 10. The first-order valence-corrected chi connectivity index (χ1v) is 21.8. The van der Waals surface area contributed by atoms with E-state index < -0.39 is 5.97 Å². The average Bonchev–Trinajstić information content (AvgIpc) is 4.18. The maximum absolute atomic E-state index is 13.1. The minimum atomic E-state index is -1.10. The first-order chi connectivity index (χ1) is 32.3. The van der Waals surface area contributed by atoms with Gasteiger partial charge in [-0.3, -0.25) is 24.6 Å². The standard InChI is InChI=1S/C25H23N5O4.C25H23N5O3/c1-14-22(24(32)30(29-14)18-10-9-15-5-2-3-6-16(15)11-18)28-27-20-8-4-7-19(23(20)31)17-12-21(25(33)34)26-13-17;1-14-23(25(33)30(29-14)19-10-9-16-5-3-6-17(16)11-19)28-27-21-8-4-7-20(24(21)32)18-12-22(15(2)31)26-13-18/h4,7-13,26,29,31H,2-3,5-6H2,1H3,(H,33,34);4,7-13,26,29,32H,3,5-6H2,1-2H3. The highest BCUT2D eigenvalue weighted by molar-refractivity contribution is 5.94. The SMILES string of the molecule is CC(=O)c1cc(-c2cccc(N=Nc3c(C)[nH]n(-c4ccc5c(c4)CCC5)c3=O)c2O)c[nH]1.Cc1[nH]n(-c2ccc3c(c2)CCCC3)c(=O)c1N=Nc1cccc(-c2c[nH]c(C(=O)O)c2)c1O. The van der Waals surface area contributed by atoms with Crippen molar-refractivity contribution in [2.45, 2.75) is 65.7 Å². The lowest BCUT2D eigenvalue weighted by molar-refractivity contribution is 0.0691. The molecule has 8 aromatic rings. The maximum Gasteiger partial charge on any atom is 0.352 e. The van der Waals surface area contributed by atoms with Crippen molar-refractivity contribution in [3.8, 4) is 45.1 Å². The number of aryl methyl sites for hydroxylation is 6. The molecule has 4 heterocycles. The number of carboxylic acids is 1. The fourth-order valence-electron chi connectivity index (χ4n) is 8.55. The summed E-state index contributed by atoms with van der Waals surface area (Å²) in [7, 11) is 0. The number of aromatic amines is 4. The number of nitrogens with one attached hydrogen (secondary N) is 4. The molecule has 2 aliphatic carbocycles. The molecule has 4 aromatic heterocycles. The molecule has 0 atom stereocenters. The number of carbonyl (C=O) groups is 2. The van der Waals surface area contributed by atoms with E-state index in [1.54, 1.807) is 62.5 Å². The molecule has 0 unspecified atom stereocenters. The van der Waals surface area contributed by atoms with Crippen LogP contribution in [0.1, 0.15) is 80.8 Å². The fourth-order valence-corrected chi connectivity index (χ4v) is 8.55. The van der Waals surface area contributed by atoms with Gasteiger partial charge in [-0.1, -0.05) is 36.4 Å². The molecular weight excluding hydrogens is 853 g/mol. The third kappa shape index (κ3) is 8.69. The lowest BCUT2D eigenvalue weighted by atomic mass is 9.91. The summed E-state index contributed by atoms with van der Waals surface area (Å²) in [5, 5.41) is 53.3. The van der Waals surface area contributed by atoms with Gasteiger partial charge in [-0.2, -0.15) is 0 Å². The molecule has 338 valence electrons. The van der Waals surface area contributed by atoms with Gasteiger partial charge in [0.1, 0.15) is 17.1 Å². The van der Waals surface area contributed by atoms with Crippen molar-refractivity contribution in [2.24, 2.45) is 20.5 Å². The molecule has 17 nitrogen and oxygen atoms in total. The van der Waals surface area contributed by atoms with Gasteiger partial charge in [0.05, 0.1) is 28.5 Å². The van der Waals surface area contributed by atoms with Crippen LogP contribution in [0.4, 0.5) is 22.7 Å². The Kier molecular flexibility index (Phi) is 11.8. The van der Waals surface area contributed by atoms with Gasteiger partial charge >= 0.3 is 5.97 Å². The smallest absolute Gasteiger partial charge is 0.352 e. The number of carboxylic acid groups (broad SMARTS) is 1. The summed E-state index contributed by atoms with van der Waals surface area (Å²) >= 11 is 0. The zero-order valence-corrected chi connectivity index (χ0v) is 36.8. The Morgan fingerprint density at radius 3 is 1.48 bits per heavy atom. The summed E-state index contributed by atoms with van der Waals surface area (Å²) in [5.74, 6) is -1.44. The molecule has 67 heavy (non-hydrogen) atoms. The molecule has 2 aliphatic rings. The number of phenols is 2. The maximum atomic E-state index is 13.1. The van der Waals surface area contributed by atoms with Crippen LogP contribution in [-0.4, -0.2) is 56.6 Å².